The zero-order valence-electron chi connectivity index (χ0n) is 16.5. The van der Waals surface area contributed by atoms with Crippen molar-refractivity contribution < 1.29 is 12.9 Å². The van der Waals surface area contributed by atoms with Gasteiger partial charge in [0.05, 0.1) is 0 Å². The first-order valence-electron chi connectivity index (χ1n) is 9.04. The molecule has 1 aliphatic rings. The van der Waals surface area contributed by atoms with Gasteiger partial charge in [-0.3, -0.25) is 18.8 Å². The standard InChI is InChI=1S/C17H25N5O5S/c1-12-16(13(2)27-18-12)28(25,26)22-7-5-6-21(8-9-22)11-14-10-15(23)20(4)17(24)19(14)3/h10H,5-9,11H2,1-4H3. The molecule has 0 unspecified atom stereocenters. The smallest absolute Gasteiger partial charge is 0.330 e. The van der Waals surface area contributed by atoms with E-state index in [9.17, 15) is 18.0 Å². The molecule has 0 atom stereocenters. The molecule has 10 nitrogen and oxygen atoms in total. The van der Waals surface area contributed by atoms with Gasteiger partial charge in [-0.2, -0.15) is 4.31 Å². The molecule has 28 heavy (non-hydrogen) atoms. The van der Waals surface area contributed by atoms with Crippen LogP contribution in [-0.2, 0) is 30.7 Å². The Balaban J connectivity index is 1.78. The van der Waals surface area contributed by atoms with E-state index < -0.39 is 10.0 Å². The molecule has 0 radical (unpaired) electrons. The Morgan fingerprint density at radius 1 is 1.07 bits per heavy atom. The van der Waals surface area contributed by atoms with Crippen LogP contribution >= 0.6 is 0 Å². The summed E-state index contributed by atoms with van der Waals surface area (Å²) in [5, 5.41) is 3.75. The largest absolute Gasteiger partial charge is 0.360 e. The minimum Gasteiger partial charge on any atom is -0.360 e. The van der Waals surface area contributed by atoms with Gasteiger partial charge < -0.3 is 4.52 Å². The molecule has 2 aromatic heterocycles. The summed E-state index contributed by atoms with van der Waals surface area (Å²) in [5.74, 6) is 0.286. The van der Waals surface area contributed by atoms with Crippen LogP contribution < -0.4 is 11.2 Å². The van der Waals surface area contributed by atoms with Gasteiger partial charge in [-0.1, -0.05) is 5.16 Å². The third-order valence-corrected chi connectivity index (χ3v) is 7.27. The van der Waals surface area contributed by atoms with Gasteiger partial charge in [0.2, 0.25) is 10.0 Å². The zero-order valence-corrected chi connectivity index (χ0v) is 17.3. The van der Waals surface area contributed by atoms with Gasteiger partial charge in [-0.05, 0) is 26.8 Å². The molecule has 1 aliphatic heterocycles. The lowest BCUT2D eigenvalue weighted by molar-refractivity contribution is 0.270. The molecule has 0 aromatic carbocycles. The Bertz CT molecular complexity index is 1080. The minimum atomic E-state index is -3.69. The van der Waals surface area contributed by atoms with E-state index in [4.69, 9.17) is 4.52 Å². The van der Waals surface area contributed by atoms with Crippen LogP contribution in [0.2, 0.25) is 0 Å². The number of hydrogen-bond donors (Lipinski definition) is 0. The summed E-state index contributed by atoms with van der Waals surface area (Å²) in [6, 6.07) is 1.45. The molecule has 3 rings (SSSR count). The fraction of sp³-hybridized carbons (Fsp3) is 0.588. The van der Waals surface area contributed by atoms with E-state index in [0.717, 1.165) is 4.57 Å². The molecule has 1 fully saturated rings. The molecule has 0 N–H and O–H groups in total. The van der Waals surface area contributed by atoms with E-state index >= 15 is 0 Å². The van der Waals surface area contributed by atoms with Crippen molar-refractivity contribution in [3.8, 4) is 0 Å². The van der Waals surface area contributed by atoms with Gasteiger partial charge in [0.1, 0.15) is 10.6 Å². The summed E-state index contributed by atoms with van der Waals surface area (Å²) in [6.07, 6.45) is 0.640. The first-order valence-corrected chi connectivity index (χ1v) is 10.5. The normalized spacial score (nSPS) is 17.0. The summed E-state index contributed by atoms with van der Waals surface area (Å²) >= 11 is 0. The fourth-order valence-electron chi connectivity index (χ4n) is 3.48. The van der Waals surface area contributed by atoms with Crippen molar-refractivity contribution in [3.63, 3.8) is 0 Å². The molecule has 154 valence electrons. The van der Waals surface area contributed by atoms with Crippen molar-refractivity contribution in [1.29, 1.82) is 0 Å². The summed E-state index contributed by atoms with van der Waals surface area (Å²) < 4.78 is 35.0. The maximum atomic E-state index is 13.0. The lowest BCUT2D eigenvalue weighted by Crippen LogP contribution is -2.40. The van der Waals surface area contributed by atoms with Gasteiger partial charge in [-0.15, -0.1) is 0 Å². The minimum absolute atomic E-state index is 0.134. The molecule has 0 spiro atoms. The summed E-state index contributed by atoms with van der Waals surface area (Å²) in [7, 11) is -0.615. The molecule has 0 amide bonds. The van der Waals surface area contributed by atoms with Crippen LogP contribution in [0.15, 0.2) is 25.1 Å². The summed E-state index contributed by atoms with van der Waals surface area (Å²) in [4.78, 5) is 26.2. The van der Waals surface area contributed by atoms with Gasteiger partial charge in [-0.25, -0.2) is 13.2 Å². The first kappa shape index (κ1) is 20.5. The SMILES string of the molecule is Cc1noc(C)c1S(=O)(=O)N1CCCN(Cc2cc(=O)n(C)c(=O)n2C)CC1. The van der Waals surface area contributed by atoms with Gasteiger partial charge >= 0.3 is 5.69 Å². The molecule has 3 heterocycles. The summed E-state index contributed by atoms with van der Waals surface area (Å²) in [6.45, 7) is 5.46. The van der Waals surface area contributed by atoms with Crippen LogP contribution in [0, 0.1) is 13.8 Å². The monoisotopic (exact) mass is 411 g/mol. The molecule has 11 heteroatoms. The third-order valence-electron chi connectivity index (χ3n) is 5.12. The van der Waals surface area contributed by atoms with Crippen molar-refractivity contribution in [2.75, 3.05) is 26.2 Å². The van der Waals surface area contributed by atoms with Crippen molar-refractivity contribution in [2.45, 2.75) is 31.7 Å². The Labute approximate surface area is 163 Å². The molecule has 0 aliphatic carbocycles. The highest BCUT2D eigenvalue weighted by Gasteiger charge is 2.32. The van der Waals surface area contributed by atoms with Crippen LogP contribution in [0.3, 0.4) is 0 Å². The Morgan fingerprint density at radius 3 is 2.43 bits per heavy atom. The number of sulfonamides is 1. The van der Waals surface area contributed by atoms with Gasteiger partial charge in [0.25, 0.3) is 5.56 Å². The molecule has 0 bridgehead atoms. The Kier molecular flexibility index (Phi) is 5.60. The highest BCUT2D eigenvalue weighted by Crippen LogP contribution is 2.24. The van der Waals surface area contributed by atoms with Crippen molar-refractivity contribution in [3.05, 3.63) is 44.1 Å². The van der Waals surface area contributed by atoms with E-state index in [0.29, 0.717) is 50.5 Å². The van der Waals surface area contributed by atoms with E-state index in [-0.39, 0.29) is 21.9 Å². The average Bonchev–Trinajstić information content (AvgIpc) is 2.84. The van der Waals surface area contributed by atoms with E-state index in [2.05, 4.69) is 10.1 Å². The second-order valence-electron chi connectivity index (χ2n) is 7.06. The molecule has 1 saturated heterocycles. The van der Waals surface area contributed by atoms with Crippen LogP contribution in [0.4, 0.5) is 0 Å². The lowest BCUT2D eigenvalue weighted by atomic mass is 10.3. The number of hydrogen-bond acceptors (Lipinski definition) is 7. The number of aryl methyl sites for hydroxylation is 2. The van der Waals surface area contributed by atoms with Crippen LogP contribution in [-0.4, -0.2) is 58.1 Å². The number of aromatic nitrogens is 3. The van der Waals surface area contributed by atoms with E-state index in [1.165, 1.54) is 22.0 Å². The molecular formula is C17H25N5O5S. The van der Waals surface area contributed by atoms with Gasteiger partial charge in [0, 0.05) is 52.0 Å². The van der Waals surface area contributed by atoms with E-state index in [1.54, 1.807) is 20.9 Å². The number of rotatable bonds is 4. The zero-order chi connectivity index (χ0) is 20.6. The highest BCUT2D eigenvalue weighted by molar-refractivity contribution is 7.89. The molecule has 2 aromatic rings. The van der Waals surface area contributed by atoms with Gasteiger partial charge in [0.15, 0.2) is 5.76 Å². The highest BCUT2D eigenvalue weighted by atomic mass is 32.2. The molecular weight excluding hydrogens is 386 g/mol. The average molecular weight is 411 g/mol. The number of nitrogens with zero attached hydrogens (tertiary/aromatic N) is 5. The van der Waals surface area contributed by atoms with Crippen LogP contribution in [0.25, 0.3) is 0 Å². The summed E-state index contributed by atoms with van der Waals surface area (Å²) in [5.41, 5.74) is 0.235. The lowest BCUT2D eigenvalue weighted by Gasteiger charge is -2.22. The van der Waals surface area contributed by atoms with Crippen LogP contribution in [0.5, 0.6) is 0 Å². The second kappa shape index (κ2) is 7.64. The second-order valence-corrected chi connectivity index (χ2v) is 8.94. The first-order chi connectivity index (χ1) is 13.1. The Morgan fingerprint density at radius 2 is 1.79 bits per heavy atom. The van der Waals surface area contributed by atoms with Crippen molar-refractivity contribution in [1.82, 2.24) is 23.5 Å². The molecule has 0 saturated carbocycles. The van der Waals surface area contributed by atoms with E-state index in [1.807, 2.05) is 0 Å². The predicted octanol–water partition coefficient (Wildman–Crippen LogP) is -0.415. The predicted molar refractivity (Wildman–Crippen MR) is 102 cm³/mol. The quantitative estimate of drug-likeness (QED) is 0.672. The third kappa shape index (κ3) is 3.69. The van der Waals surface area contributed by atoms with Crippen LogP contribution in [0.1, 0.15) is 23.6 Å². The maximum absolute atomic E-state index is 13.0. The fourth-order valence-corrected chi connectivity index (χ4v) is 5.24. The maximum Gasteiger partial charge on any atom is 0.330 e. The topological polar surface area (TPSA) is 111 Å². The Hall–Kier alpha value is -2.24. The van der Waals surface area contributed by atoms with Crippen molar-refractivity contribution in [2.24, 2.45) is 14.1 Å². The van der Waals surface area contributed by atoms with Crippen molar-refractivity contribution >= 4 is 10.0 Å².